The summed E-state index contributed by atoms with van der Waals surface area (Å²) in [7, 11) is 4.08. The molecular formula is C17H27N3O2. The Morgan fingerprint density at radius 3 is 2.45 bits per heavy atom. The Kier molecular flexibility index (Phi) is 6.21. The second kappa shape index (κ2) is 8.15. The molecule has 1 aliphatic rings. The average Bonchev–Trinajstić information content (AvgIpc) is 2.56. The van der Waals surface area contributed by atoms with Gasteiger partial charge in [0, 0.05) is 45.8 Å². The first-order valence-electron chi connectivity index (χ1n) is 7.97. The maximum absolute atomic E-state index is 11.6. The maximum Gasteiger partial charge on any atom is 0.219 e. The van der Waals surface area contributed by atoms with Crippen molar-refractivity contribution in [2.75, 3.05) is 51.8 Å². The number of nitrogens with zero attached hydrogens (tertiary/aromatic N) is 2. The summed E-state index contributed by atoms with van der Waals surface area (Å²) < 4.78 is 5.45. The van der Waals surface area contributed by atoms with Crippen LogP contribution in [0.1, 0.15) is 24.9 Å². The third kappa shape index (κ3) is 4.45. The summed E-state index contributed by atoms with van der Waals surface area (Å²) in [4.78, 5) is 16.1. The molecule has 0 radical (unpaired) electrons. The van der Waals surface area contributed by atoms with Gasteiger partial charge < -0.3 is 15.0 Å². The van der Waals surface area contributed by atoms with Crippen LogP contribution in [-0.2, 0) is 9.53 Å². The van der Waals surface area contributed by atoms with Gasteiger partial charge in [-0.05, 0) is 17.7 Å². The van der Waals surface area contributed by atoms with Crippen molar-refractivity contribution in [1.82, 2.24) is 10.2 Å². The van der Waals surface area contributed by atoms with E-state index in [4.69, 9.17) is 4.74 Å². The van der Waals surface area contributed by atoms with Gasteiger partial charge in [0.05, 0.1) is 19.3 Å². The Balaban J connectivity index is 2.12. The lowest BCUT2D eigenvalue weighted by Gasteiger charge is -2.35. The van der Waals surface area contributed by atoms with Crippen LogP contribution in [0.2, 0.25) is 0 Å². The van der Waals surface area contributed by atoms with Gasteiger partial charge in [0.25, 0.3) is 0 Å². The molecule has 1 unspecified atom stereocenters. The number of hydrogen-bond donors (Lipinski definition) is 1. The van der Waals surface area contributed by atoms with E-state index < -0.39 is 0 Å². The standard InChI is InChI=1S/C17H27N3O2/c1-4-17(21)18-13-16(20-9-11-22-12-10-20)14-5-7-15(8-6-14)19(2)3/h5-8,16H,4,9-13H2,1-3H3,(H,18,21). The molecule has 0 spiro atoms. The molecule has 1 amide bonds. The molecule has 5 nitrogen and oxygen atoms in total. The number of benzene rings is 1. The Morgan fingerprint density at radius 1 is 1.27 bits per heavy atom. The van der Waals surface area contributed by atoms with E-state index in [1.807, 2.05) is 21.0 Å². The van der Waals surface area contributed by atoms with Gasteiger partial charge in [0.1, 0.15) is 0 Å². The largest absolute Gasteiger partial charge is 0.379 e. The highest BCUT2D eigenvalue weighted by Gasteiger charge is 2.23. The fraction of sp³-hybridized carbons (Fsp3) is 0.588. The maximum atomic E-state index is 11.6. The monoisotopic (exact) mass is 305 g/mol. The van der Waals surface area contributed by atoms with Crippen molar-refractivity contribution < 1.29 is 9.53 Å². The molecule has 122 valence electrons. The molecule has 1 heterocycles. The SMILES string of the molecule is CCC(=O)NCC(c1ccc(N(C)C)cc1)N1CCOCC1. The van der Waals surface area contributed by atoms with E-state index >= 15 is 0 Å². The molecule has 0 saturated carbocycles. The van der Waals surface area contributed by atoms with Crippen LogP contribution >= 0.6 is 0 Å². The Hall–Kier alpha value is -1.59. The zero-order valence-electron chi connectivity index (χ0n) is 13.8. The number of rotatable bonds is 6. The summed E-state index contributed by atoms with van der Waals surface area (Å²) in [6.45, 7) is 5.85. The van der Waals surface area contributed by atoms with Crippen molar-refractivity contribution >= 4 is 11.6 Å². The molecule has 1 atom stereocenters. The van der Waals surface area contributed by atoms with E-state index in [1.54, 1.807) is 0 Å². The third-order valence-corrected chi connectivity index (χ3v) is 4.09. The van der Waals surface area contributed by atoms with E-state index in [2.05, 4.69) is 39.4 Å². The van der Waals surface area contributed by atoms with Crippen LogP contribution in [0.5, 0.6) is 0 Å². The molecule has 0 aliphatic carbocycles. The van der Waals surface area contributed by atoms with Crippen LogP contribution in [0.4, 0.5) is 5.69 Å². The molecule has 1 fully saturated rings. The van der Waals surface area contributed by atoms with Crippen molar-refractivity contribution in [2.24, 2.45) is 0 Å². The number of hydrogen-bond acceptors (Lipinski definition) is 4. The van der Waals surface area contributed by atoms with Gasteiger partial charge in [-0.15, -0.1) is 0 Å². The lowest BCUT2D eigenvalue weighted by Crippen LogP contribution is -2.43. The van der Waals surface area contributed by atoms with Gasteiger partial charge in [-0.2, -0.15) is 0 Å². The van der Waals surface area contributed by atoms with E-state index in [9.17, 15) is 4.79 Å². The summed E-state index contributed by atoms with van der Waals surface area (Å²) in [6, 6.07) is 8.78. The zero-order valence-corrected chi connectivity index (χ0v) is 13.8. The molecule has 0 aromatic heterocycles. The summed E-state index contributed by atoms with van der Waals surface area (Å²) in [5.41, 5.74) is 2.42. The molecule has 5 heteroatoms. The van der Waals surface area contributed by atoms with Gasteiger partial charge >= 0.3 is 0 Å². The Labute approximate surface area is 133 Å². The fourth-order valence-corrected chi connectivity index (χ4v) is 2.68. The first kappa shape index (κ1) is 16.8. The Bertz CT molecular complexity index is 467. The van der Waals surface area contributed by atoms with E-state index in [-0.39, 0.29) is 11.9 Å². The molecule has 1 aromatic rings. The van der Waals surface area contributed by atoms with Crippen LogP contribution in [0.25, 0.3) is 0 Å². The van der Waals surface area contributed by atoms with Crippen LogP contribution in [-0.4, -0.2) is 57.8 Å². The number of amides is 1. The van der Waals surface area contributed by atoms with E-state index in [1.165, 1.54) is 11.3 Å². The minimum atomic E-state index is 0.100. The first-order chi connectivity index (χ1) is 10.6. The molecule has 1 saturated heterocycles. The minimum absolute atomic E-state index is 0.100. The van der Waals surface area contributed by atoms with Gasteiger partial charge in [-0.1, -0.05) is 19.1 Å². The van der Waals surface area contributed by atoms with Gasteiger partial charge in [-0.3, -0.25) is 9.69 Å². The fourth-order valence-electron chi connectivity index (χ4n) is 2.68. The lowest BCUT2D eigenvalue weighted by atomic mass is 10.0. The minimum Gasteiger partial charge on any atom is -0.379 e. The van der Waals surface area contributed by atoms with Crippen LogP contribution < -0.4 is 10.2 Å². The number of ether oxygens (including phenoxy) is 1. The summed E-state index contributed by atoms with van der Waals surface area (Å²) >= 11 is 0. The smallest absolute Gasteiger partial charge is 0.219 e. The van der Waals surface area contributed by atoms with Crippen LogP contribution in [0.3, 0.4) is 0 Å². The van der Waals surface area contributed by atoms with E-state index in [0.717, 1.165) is 26.3 Å². The predicted molar refractivity (Wildman–Crippen MR) is 89.2 cm³/mol. The molecule has 22 heavy (non-hydrogen) atoms. The van der Waals surface area contributed by atoms with Crippen LogP contribution in [0.15, 0.2) is 24.3 Å². The zero-order chi connectivity index (χ0) is 15.9. The molecule has 0 bridgehead atoms. The highest BCUT2D eigenvalue weighted by atomic mass is 16.5. The molecule has 1 aromatic carbocycles. The highest BCUT2D eigenvalue weighted by molar-refractivity contribution is 5.75. The van der Waals surface area contributed by atoms with Gasteiger partial charge in [-0.25, -0.2) is 0 Å². The number of nitrogens with one attached hydrogen (secondary N) is 1. The second-order valence-corrected chi connectivity index (χ2v) is 5.81. The van der Waals surface area contributed by atoms with Crippen LogP contribution in [0, 0.1) is 0 Å². The van der Waals surface area contributed by atoms with Crippen molar-refractivity contribution in [2.45, 2.75) is 19.4 Å². The number of morpholine rings is 1. The molecule has 1 aliphatic heterocycles. The highest BCUT2D eigenvalue weighted by Crippen LogP contribution is 2.23. The van der Waals surface area contributed by atoms with Crippen molar-refractivity contribution in [1.29, 1.82) is 0 Å². The quantitative estimate of drug-likeness (QED) is 0.868. The molecule has 1 N–H and O–H groups in total. The number of anilines is 1. The third-order valence-electron chi connectivity index (χ3n) is 4.09. The van der Waals surface area contributed by atoms with E-state index in [0.29, 0.717) is 13.0 Å². The normalized spacial score (nSPS) is 17.0. The average molecular weight is 305 g/mol. The molecular weight excluding hydrogens is 278 g/mol. The first-order valence-corrected chi connectivity index (χ1v) is 7.97. The Morgan fingerprint density at radius 2 is 1.91 bits per heavy atom. The summed E-state index contributed by atoms with van der Waals surface area (Å²) in [5, 5.41) is 3.03. The predicted octanol–water partition coefficient (Wildman–Crippen LogP) is 1.65. The summed E-state index contributed by atoms with van der Waals surface area (Å²) in [6.07, 6.45) is 0.523. The van der Waals surface area contributed by atoms with Crippen molar-refractivity contribution in [3.05, 3.63) is 29.8 Å². The van der Waals surface area contributed by atoms with Crippen molar-refractivity contribution in [3.8, 4) is 0 Å². The molecule has 2 rings (SSSR count). The second-order valence-electron chi connectivity index (χ2n) is 5.81. The summed E-state index contributed by atoms with van der Waals surface area (Å²) in [5.74, 6) is 0.100. The van der Waals surface area contributed by atoms with Gasteiger partial charge in [0.15, 0.2) is 0 Å². The van der Waals surface area contributed by atoms with Crippen molar-refractivity contribution in [3.63, 3.8) is 0 Å². The number of carbonyl (C=O) groups is 1. The van der Waals surface area contributed by atoms with Gasteiger partial charge in [0.2, 0.25) is 5.91 Å². The number of carbonyl (C=O) groups excluding carboxylic acids is 1. The topological polar surface area (TPSA) is 44.8 Å². The lowest BCUT2D eigenvalue weighted by molar-refractivity contribution is -0.121.